The van der Waals surface area contributed by atoms with Crippen LogP contribution in [0.15, 0.2) is 0 Å². The van der Waals surface area contributed by atoms with Gasteiger partial charge in [-0.1, -0.05) is 0 Å². The summed E-state index contributed by atoms with van der Waals surface area (Å²) in [5.41, 5.74) is -0.0564. The van der Waals surface area contributed by atoms with E-state index >= 15 is 0 Å². The molecule has 1 saturated heterocycles. The van der Waals surface area contributed by atoms with Gasteiger partial charge in [0.1, 0.15) is 0 Å². The number of nitrogens with one attached hydrogen (secondary N) is 1. The largest absolute Gasteiger partial charge is 0.338 e. The van der Waals surface area contributed by atoms with Gasteiger partial charge in [0.15, 0.2) is 0 Å². The Morgan fingerprint density at radius 2 is 1.45 bits per heavy atom. The van der Waals surface area contributed by atoms with E-state index in [4.69, 9.17) is 0 Å². The fourth-order valence-corrected chi connectivity index (χ4v) is 2.03. The summed E-state index contributed by atoms with van der Waals surface area (Å²) in [5.74, 6) is 0.245. The molecule has 0 atom stereocenters. The summed E-state index contributed by atoms with van der Waals surface area (Å²) >= 11 is 0. The van der Waals surface area contributed by atoms with Crippen molar-refractivity contribution >= 4 is 11.8 Å². The van der Waals surface area contributed by atoms with Gasteiger partial charge in [-0.25, -0.2) is 0 Å². The second kappa shape index (κ2) is 7.04. The zero-order valence-corrected chi connectivity index (χ0v) is 13.4. The lowest BCUT2D eigenvalue weighted by atomic mass is 10.1. The summed E-state index contributed by atoms with van der Waals surface area (Å²) in [6, 6.07) is 0. The van der Waals surface area contributed by atoms with E-state index in [-0.39, 0.29) is 17.4 Å². The van der Waals surface area contributed by atoms with Crippen molar-refractivity contribution < 1.29 is 9.59 Å². The van der Waals surface area contributed by atoms with Crippen molar-refractivity contribution in [2.24, 2.45) is 0 Å². The SMILES string of the molecule is CN(C)CC(=O)N1CCN(C(=O)CNC(C)(C)C)CC1. The Labute approximate surface area is 122 Å². The Kier molecular flexibility index (Phi) is 5.95. The normalized spacial score (nSPS) is 16.7. The Morgan fingerprint density at radius 3 is 1.85 bits per heavy atom. The number of amides is 2. The predicted octanol–water partition coefficient (Wildman–Crippen LogP) is -0.393. The Balaban J connectivity index is 2.34. The molecule has 0 radical (unpaired) electrons. The molecule has 116 valence electrons. The minimum Gasteiger partial charge on any atom is -0.338 e. The van der Waals surface area contributed by atoms with Gasteiger partial charge in [-0.05, 0) is 34.9 Å². The van der Waals surface area contributed by atoms with Crippen LogP contribution in [0.5, 0.6) is 0 Å². The number of nitrogens with zero attached hydrogens (tertiary/aromatic N) is 3. The third-order valence-electron chi connectivity index (χ3n) is 3.21. The number of likely N-dealkylation sites (N-methyl/N-ethyl adjacent to an activating group) is 1. The fourth-order valence-electron chi connectivity index (χ4n) is 2.03. The van der Waals surface area contributed by atoms with Gasteiger partial charge in [0.05, 0.1) is 13.1 Å². The standard InChI is InChI=1S/C14H28N4O2/c1-14(2,3)15-10-12(19)17-6-8-18(9-7-17)13(20)11-16(4)5/h15H,6-11H2,1-5H3. The van der Waals surface area contributed by atoms with E-state index in [0.29, 0.717) is 39.3 Å². The first-order chi connectivity index (χ1) is 9.19. The van der Waals surface area contributed by atoms with Crippen LogP contribution in [0.3, 0.4) is 0 Å². The number of carbonyl (C=O) groups excluding carboxylic acids is 2. The second-order valence-electron chi connectivity index (χ2n) is 6.60. The van der Waals surface area contributed by atoms with Gasteiger partial charge >= 0.3 is 0 Å². The van der Waals surface area contributed by atoms with Crippen molar-refractivity contribution in [1.29, 1.82) is 0 Å². The molecular formula is C14H28N4O2. The van der Waals surface area contributed by atoms with Gasteiger partial charge in [0.2, 0.25) is 11.8 Å². The first kappa shape index (κ1) is 16.9. The first-order valence-corrected chi connectivity index (χ1v) is 7.14. The highest BCUT2D eigenvalue weighted by Gasteiger charge is 2.24. The minimum atomic E-state index is -0.0564. The minimum absolute atomic E-state index is 0.0564. The molecule has 0 aromatic heterocycles. The van der Waals surface area contributed by atoms with Crippen molar-refractivity contribution in [2.75, 3.05) is 53.4 Å². The smallest absolute Gasteiger partial charge is 0.236 e. The molecule has 1 heterocycles. The van der Waals surface area contributed by atoms with Crippen LogP contribution in [-0.4, -0.2) is 85.4 Å². The lowest BCUT2D eigenvalue weighted by Crippen LogP contribution is -2.54. The van der Waals surface area contributed by atoms with Gasteiger partial charge in [0, 0.05) is 31.7 Å². The third kappa shape index (κ3) is 5.88. The van der Waals surface area contributed by atoms with Crippen LogP contribution in [0.4, 0.5) is 0 Å². The lowest BCUT2D eigenvalue weighted by Gasteiger charge is -2.35. The highest BCUT2D eigenvalue weighted by molar-refractivity contribution is 5.80. The summed E-state index contributed by atoms with van der Waals surface area (Å²) in [7, 11) is 3.77. The molecule has 0 unspecified atom stereocenters. The molecule has 2 amide bonds. The van der Waals surface area contributed by atoms with Crippen LogP contribution >= 0.6 is 0 Å². The molecule has 20 heavy (non-hydrogen) atoms. The molecular weight excluding hydrogens is 256 g/mol. The van der Waals surface area contributed by atoms with Crippen LogP contribution in [0.25, 0.3) is 0 Å². The summed E-state index contributed by atoms with van der Waals surface area (Å²) in [6.45, 7) is 9.43. The van der Waals surface area contributed by atoms with Gasteiger partial charge < -0.3 is 20.0 Å². The Morgan fingerprint density at radius 1 is 1.00 bits per heavy atom. The lowest BCUT2D eigenvalue weighted by molar-refractivity contribution is -0.139. The van der Waals surface area contributed by atoms with Gasteiger partial charge in [-0.3, -0.25) is 9.59 Å². The molecule has 1 aliphatic heterocycles. The van der Waals surface area contributed by atoms with Crippen molar-refractivity contribution in [3.63, 3.8) is 0 Å². The summed E-state index contributed by atoms with van der Waals surface area (Å²) in [4.78, 5) is 29.5. The van der Waals surface area contributed by atoms with Crippen LogP contribution in [-0.2, 0) is 9.59 Å². The summed E-state index contributed by atoms with van der Waals surface area (Å²) < 4.78 is 0. The number of hydrogen-bond acceptors (Lipinski definition) is 4. The van der Waals surface area contributed by atoms with E-state index < -0.39 is 0 Å². The van der Waals surface area contributed by atoms with E-state index in [1.165, 1.54) is 0 Å². The maximum absolute atomic E-state index is 12.1. The van der Waals surface area contributed by atoms with Crippen LogP contribution in [0.2, 0.25) is 0 Å². The van der Waals surface area contributed by atoms with Crippen LogP contribution in [0, 0.1) is 0 Å². The highest BCUT2D eigenvalue weighted by Crippen LogP contribution is 2.04. The molecule has 0 saturated carbocycles. The third-order valence-corrected chi connectivity index (χ3v) is 3.21. The highest BCUT2D eigenvalue weighted by atomic mass is 16.2. The zero-order valence-electron chi connectivity index (χ0n) is 13.4. The predicted molar refractivity (Wildman–Crippen MR) is 79.5 cm³/mol. The topological polar surface area (TPSA) is 55.9 Å². The molecule has 0 spiro atoms. The van der Waals surface area contributed by atoms with Crippen LogP contribution in [0.1, 0.15) is 20.8 Å². The quantitative estimate of drug-likeness (QED) is 0.764. The second-order valence-corrected chi connectivity index (χ2v) is 6.60. The van der Waals surface area contributed by atoms with Gasteiger partial charge in [-0.15, -0.1) is 0 Å². The number of carbonyl (C=O) groups is 2. The van der Waals surface area contributed by atoms with Crippen molar-refractivity contribution in [3.05, 3.63) is 0 Å². The molecule has 1 rings (SSSR count). The maximum Gasteiger partial charge on any atom is 0.236 e. The van der Waals surface area contributed by atoms with Crippen molar-refractivity contribution in [3.8, 4) is 0 Å². The molecule has 0 aromatic carbocycles. The molecule has 0 aromatic rings. The summed E-state index contributed by atoms with van der Waals surface area (Å²) in [6.07, 6.45) is 0. The Hall–Kier alpha value is -1.14. The van der Waals surface area contributed by atoms with Gasteiger partial charge in [-0.2, -0.15) is 0 Å². The average molecular weight is 284 g/mol. The van der Waals surface area contributed by atoms with Crippen molar-refractivity contribution in [2.45, 2.75) is 26.3 Å². The van der Waals surface area contributed by atoms with Crippen molar-refractivity contribution in [1.82, 2.24) is 20.0 Å². The average Bonchev–Trinajstić information content (AvgIpc) is 2.34. The van der Waals surface area contributed by atoms with E-state index in [1.54, 1.807) is 0 Å². The molecule has 1 fully saturated rings. The summed E-state index contributed by atoms with van der Waals surface area (Å²) in [5, 5.41) is 3.20. The molecule has 6 heteroatoms. The number of rotatable bonds is 4. The van der Waals surface area contributed by atoms with E-state index in [9.17, 15) is 9.59 Å². The van der Waals surface area contributed by atoms with Gasteiger partial charge in [0.25, 0.3) is 0 Å². The van der Waals surface area contributed by atoms with E-state index in [2.05, 4.69) is 5.32 Å². The zero-order chi connectivity index (χ0) is 15.3. The molecule has 1 N–H and O–H groups in total. The monoisotopic (exact) mass is 284 g/mol. The van der Waals surface area contributed by atoms with E-state index in [0.717, 1.165) is 0 Å². The van der Waals surface area contributed by atoms with E-state index in [1.807, 2.05) is 49.6 Å². The number of hydrogen-bond donors (Lipinski definition) is 1. The number of piperazine rings is 1. The maximum atomic E-state index is 12.1. The van der Waals surface area contributed by atoms with Crippen LogP contribution < -0.4 is 5.32 Å². The fraction of sp³-hybridized carbons (Fsp3) is 0.857. The molecule has 0 aliphatic carbocycles. The first-order valence-electron chi connectivity index (χ1n) is 7.14. The molecule has 6 nitrogen and oxygen atoms in total. The Bertz CT molecular complexity index is 342. The molecule has 0 bridgehead atoms. The molecule has 1 aliphatic rings.